The van der Waals surface area contributed by atoms with E-state index < -0.39 is 6.10 Å². The fraction of sp³-hybridized carbons (Fsp3) is 0.350. The lowest BCUT2D eigenvalue weighted by Gasteiger charge is -2.20. The Morgan fingerprint density at radius 2 is 1.92 bits per heavy atom. The van der Waals surface area contributed by atoms with Gasteiger partial charge in [0.15, 0.2) is 6.10 Å². The van der Waals surface area contributed by atoms with Gasteiger partial charge in [-0.2, -0.15) is 0 Å². The van der Waals surface area contributed by atoms with Crippen LogP contribution in [0.15, 0.2) is 48.5 Å². The number of carbonyl (C=O) groups excluding carboxylic acids is 1. The smallest absolute Gasteiger partial charge is 0.254 e. The summed E-state index contributed by atoms with van der Waals surface area (Å²) in [6.07, 6.45) is 0.247. The number of amides is 1. The van der Waals surface area contributed by atoms with E-state index in [1.54, 1.807) is 0 Å². The van der Waals surface area contributed by atoms with Crippen LogP contribution in [-0.4, -0.2) is 44.1 Å². The third-order valence-corrected chi connectivity index (χ3v) is 4.54. The number of likely N-dealkylation sites (N-methyl/N-ethyl adjacent to an activating group) is 1. The maximum Gasteiger partial charge on any atom is 0.254 e. The third-order valence-electron chi connectivity index (χ3n) is 4.29. The Morgan fingerprint density at radius 3 is 2.64 bits per heavy atom. The molecule has 2 atom stereocenters. The van der Waals surface area contributed by atoms with Gasteiger partial charge >= 0.3 is 0 Å². The van der Waals surface area contributed by atoms with E-state index in [4.69, 9.17) is 16.3 Å². The average Bonchev–Trinajstić information content (AvgIpc) is 2.76. The van der Waals surface area contributed by atoms with Gasteiger partial charge in [-0.05, 0) is 55.4 Å². The van der Waals surface area contributed by atoms with Gasteiger partial charge in [0.2, 0.25) is 0 Å². The van der Waals surface area contributed by atoms with Crippen LogP contribution in [0.4, 0.5) is 0 Å². The van der Waals surface area contributed by atoms with Crippen LogP contribution in [-0.2, 0) is 9.53 Å². The third kappa shape index (κ3) is 4.60. The van der Waals surface area contributed by atoms with Crippen LogP contribution in [0, 0.1) is 0 Å². The number of halogens is 1. The predicted molar refractivity (Wildman–Crippen MR) is 101 cm³/mol. The fourth-order valence-corrected chi connectivity index (χ4v) is 3.23. The van der Waals surface area contributed by atoms with Crippen molar-refractivity contribution in [3.8, 4) is 11.1 Å². The summed E-state index contributed by atoms with van der Waals surface area (Å²) in [5, 5.41) is 3.81. The van der Waals surface area contributed by atoms with Crippen molar-refractivity contribution in [2.45, 2.75) is 18.6 Å². The van der Waals surface area contributed by atoms with Gasteiger partial charge in [-0.3, -0.25) is 4.79 Å². The summed E-state index contributed by atoms with van der Waals surface area (Å²) in [6.45, 7) is 1.37. The van der Waals surface area contributed by atoms with Gasteiger partial charge in [0.05, 0.1) is 6.61 Å². The second kappa shape index (κ2) is 8.00. The van der Waals surface area contributed by atoms with Crippen LogP contribution in [0.2, 0.25) is 5.02 Å². The molecule has 5 heteroatoms. The highest BCUT2D eigenvalue weighted by Gasteiger charge is 2.28. The molecule has 1 heterocycles. The van der Waals surface area contributed by atoms with E-state index in [1.165, 1.54) is 0 Å². The number of benzene rings is 2. The van der Waals surface area contributed by atoms with Gasteiger partial charge in [0.1, 0.15) is 0 Å². The molecule has 1 aliphatic heterocycles. The molecule has 2 aromatic carbocycles. The molecule has 0 saturated carbocycles. The first-order valence-corrected chi connectivity index (χ1v) is 8.83. The SMILES string of the molecule is CN(C)CC1CCOC(c2cccc(-c3ccc(Cl)cc3)c2)C(=O)N1. The Morgan fingerprint density at radius 1 is 1.16 bits per heavy atom. The number of ether oxygens (including phenoxy) is 1. The molecule has 1 aliphatic rings. The first kappa shape index (κ1) is 17.9. The molecule has 132 valence electrons. The van der Waals surface area contributed by atoms with Gasteiger partial charge in [-0.25, -0.2) is 0 Å². The van der Waals surface area contributed by atoms with E-state index in [1.807, 2.05) is 62.6 Å². The Hall–Kier alpha value is -1.88. The molecule has 3 rings (SSSR count). The van der Waals surface area contributed by atoms with E-state index in [0.717, 1.165) is 29.7 Å². The van der Waals surface area contributed by atoms with Crippen LogP contribution in [0.3, 0.4) is 0 Å². The summed E-state index contributed by atoms with van der Waals surface area (Å²) in [5.41, 5.74) is 2.97. The highest BCUT2D eigenvalue weighted by atomic mass is 35.5. The molecular formula is C20H23ClN2O2. The Kier molecular flexibility index (Phi) is 5.74. The van der Waals surface area contributed by atoms with Crippen LogP contribution >= 0.6 is 11.6 Å². The van der Waals surface area contributed by atoms with Crippen molar-refractivity contribution < 1.29 is 9.53 Å². The predicted octanol–water partition coefficient (Wildman–Crippen LogP) is 3.51. The molecule has 0 radical (unpaired) electrons. The lowest BCUT2D eigenvalue weighted by atomic mass is 10.0. The van der Waals surface area contributed by atoms with Crippen molar-refractivity contribution in [2.75, 3.05) is 27.2 Å². The molecule has 4 nitrogen and oxygen atoms in total. The van der Waals surface area contributed by atoms with Crippen molar-refractivity contribution in [3.63, 3.8) is 0 Å². The molecular weight excluding hydrogens is 336 g/mol. The first-order valence-electron chi connectivity index (χ1n) is 8.45. The van der Waals surface area contributed by atoms with Crippen LogP contribution in [0.25, 0.3) is 11.1 Å². The Labute approximate surface area is 153 Å². The molecule has 25 heavy (non-hydrogen) atoms. The lowest BCUT2D eigenvalue weighted by Crippen LogP contribution is -2.42. The minimum Gasteiger partial charge on any atom is -0.364 e. The number of nitrogens with one attached hydrogen (secondary N) is 1. The van der Waals surface area contributed by atoms with Crippen LogP contribution in [0.5, 0.6) is 0 Å². The standard InChI is InChI=1S/C20H23ClN2O2/c1-23(2)13-18-10-11-25-19(20(24)22-18)16-5-3-4-15(12-16)14-6-8-17(21)9-7-14/h3-9,12,18-19H,10-11,13H2,1-2H3,(H,22,24). The van der Waals surface area contributed by atoms with Gasteiger partial charge in [-0.15, -0.1) is 0 Å². The summed E-state index contributed by atoms with van der Waals surface area (Å²) < 4.78 is 5.87. The maximum atomic E-state index is 12.6. The largest absolute Gasteiger partial charge is 0.364 e. The monoisotopic (exact) mass is 358 g/mol. The number of rotatable bonds is 4. The minimum absolute atomic E-state index is 0.0717. The van der Waals surface area contributed by atoms with Crippen molar-refractivity contribution in [1.29, 1.82) is 0 Å². The minimum atomic E-state index is -0.570. The second-order valence-corrected chi connectivity index (χ2v) is 7.08. The quantitative estimate of drug-likeness (QED) is 0.909. The molecule has 2 unspecified atom stereocenters. The van der Waals surface area contributed by atoms with Gasteiger partial charge in [-0.1, -0.05) is 41.9 Å². The number of hydrogen-bond acceptors (Lipinski definition) is 3. The van der Waals surface area contributed by atoms with Crippen LogP contribution < -0.4 is 5.32 Å². The van der Waals surface area contributed by atoms with E-state index in [0.29, 0.717) is 11.6 Å². The van der Waals surface area contributed by atoms with E-state index in [9.17, 15) is 4.79 Å². The average molecular weight is 359 g/mol. The molecule has 0 bridgehead atoms. The molecule has 0 aromatic heterocycles. The van der Waals surface area contributed by atoms with Gasteiger partial charge < -0.3 is 15.0 Å². The maximum absolute atomic E-state index is 12.6. The Balaban J connectivity index is 1.80. The lowest BCUT2D eigenvalue weighted by molar-refractivity contribution is -0.131. The molecule has 1 N–H and O–H groups in total. The highest BCUT2D eigenvalue weighted by Crippen LogP contribution is 2.27. The summed E-state index contributed by atoms with van der Waals surface area (Å²) in [4.78, 5) is 14.7. The highest BCUT2D eigenvalue weighted by molar-refractivity contribution is 6.30. The zero-order valence-electron chi connectivity index (χ0n) is 14.5. The summed E-state index contributed by atoms with van der Waals surface area (Å²) in [6, 6.07) is 15.7. The van der Waals surface area contributed by atoms with Gasteiger partial charge in [0.25, 0.3) is 5.91 Å². The number of nitrogens with zero attached hydrogens (tertiary/aromatic N) is 1. The van der Waals surface area contributed by atoms with Crippen molar-refractivity contribution in [1.82, 2.24) is 10.2 Å². The zero-order chi connectivity index (χ0) is 17.8. The summed E-state index contributed by atoms with van der Waals surface area (Å²) in [7, 11) is 4.01. The number of hydrogen-bond donors (Lipinski definition) is 1. The summed E-state index contributed by atoms with van der Waals surface area (Å²) >= 11 is 5.96. The summed E-state index contributed by atoms with van der Waals surface area (Å²) in [5.74, 6) is -0.0717. The van der Waals surface area contributed by atoms with Crippen molar-refractivity contribution >= 4 is 17.5 Å². The molecule has 0 aliphatic carbocycles. The number of carbonyl (C=O) groups is 1. The van der Waals surface area contributed by atoms with Crippen molar-refractivity contribution in [2.24, 2.45) is 0 Å². The molecule has 0 spiro atoms. The topological polar surface area (TPSA) is 41.6 Å². The fourth-order valence-electron chi connectivity index (χ4n) is 3.10. The van der Waals surface area contributed by atoms with E-state index in [2.05, 4.69) is 10.2 Å². The first-order chi connectivity index (χ1) is 12.0. The van der Waals surface area contributed by atoms with Gasteiger partial charge in [0, 0.05) is 17.6 Å². The van der Waals surface area contributed by atoms with Crippen LogP contribution in [0.1, 0.15) is 18.1 Å². The Bertz CT molecular complexity index is 731. The normalized spacial score (nSPS) is 21.0. The van der Waals surface area contributed by atoms with Crippen molar-refractivity contribution in [3.05, 3.63) is 59.1 Å². The molecule has 1 amide bonds. The zero-order valence-corrected chi connectivity index (χ0v) is 15.3. The van der Waals surface area contributed by atoms with E-state index in [-0.39, 0.29) is 11.9 Å². The molecule has 1 fully saturated rings. The molecule has 2 aromatic rings. The second-order valence-electron chi connectivity index (χ2n) is 6.64. The molecule has 1 saturated heterocycles. The van der Waals surface area contributed by atoms with E-state index >= 15 is 0 Å².